The van der Waals surface area contributed by atoms with Crippen LogP contribution in [-0.4, -0.2) is 28.3 Å². The van der Waals surface area contributed by atoms with Gasteiger partial charge in [-0.2, -0.15) is 0 Å². The van der Waals surface area contributed by atoms with Gasteiger partial charge in [0.2, 0.25) is 0 Å². The van der Waals surface area contributed by atoms with E-state index >= 15 is 0 Å². The maximum Gasteiger partial charge on any atom is 0.333 e. The summed E-state index contributed by atoms with van der Waals surface area (Å²) in [5.74, 6) is 6.37. The van der Waals surface area contributed by atoms with Crippen molar-refractivity contribution in [2.24, 2.45) is 5.73 Å². The first kappa shape index (κ1) is 16.4. The van der Waals surface area contributed by atoms with E-state index in [1.54, 1.807) is 17.6 Å². The molecule has 6 heteroatoms. The molecule has 120 valence electrons. The van der Waals surface area contributed by atoms with Gasteiger partial charge in [0.25, 0.3) is 5.56 Å². The molecule has 1 aromatic rings. The molecule has 1 atom stereocenters. The first-order chi connectivity index (χ1) is 10.6. The maximum atomic E-state index is 12.6. The smallest absolute Gasteiger partial charge is 0.333 e. The average molecular weight is 304 g/mol. The summed E-state index contributed by atoms with van der Waals surface area (Å²) in [6.45, 7) is 5.88. The second kappa shape index (κ2) is 7.32. The van der Waals surface area contributed by atoms with Crippen molar-refractivity contribution in [1.82, 2.24) is 9.13 Å². The van der Waals surface area contributed by atoms with Crippen LogP contribution < -0.4 is 21.9 Å². The van der Waals surface area contributed by atoms with Crippen LogP contribution in [0.25, 0.3) is 0 Å². The summed E-state index contributed by atoms with van der Waals surface area (Å²) < 4.78 is 2.87. The number of aromatic nitrogens is 2. The summed E-state index contributed by atoms with van der Waals surface area (Å²) in [7, 11) is 0. The maximum absolute atomic E-state index is 12.6. The Balaban J connectivity index is 2.53. The second-order valence-electron chi connectivity index (χ2n) is 5.64. The summed E-state index contributed by atoms with van der Waals surface area (Å²) in [5.41, 5.74) is 5.49. The van der Waals surface area contributed by atoms with Crippen molar-refractivity contribution in [3.05, 3.63) is 26.9 Å². The van der Waals surface area contributed by atoms with E-state index in [2.05, 4.69) is 11.8 Å². The van der Waals surface area contributed by atoms with Crippen molar-refractivity contribution in [2.75, 3.05) is 18.0 Å². The minimum Gasteiger partial charge on any atom is -0.356 e. The highest BCUT2D eigenvalue weighted by molar-refractivity contribution is 5.40. The molecular weight excluding hydrogens is 280 g/mol. The van der Waals surface area contributed by atoms with Gasteiger partial charge in [0.1, 0.15) is 5.82 Å². The van der Waals surface area contributed by atoms with Crippen LogP contribution in [0.3, 0.4) is 0 Å². The lowest BCUT2D eigenvalue weighted by atomic mass is 10.1. The van der Waals surface area contributed by atoms with Crippen LogP contribution in [-0.2, 0) is 13.1 Å². The number of nitrogens with two attached hydrogens (primary N) is 1. The van der Waals surface area contributed by atoms with Crippen molar-refractivity contribution in [1.29, 1.82) is 0 Å². The van der Waals surface area contributed by atoms with E-state index in [1.165, 1.54) is 4.57 Å². The van der Waals surface area contributed by atoms with E-state index in [9.17, 15) is 9.59 Å². The minimum atomic E-state index is -0.286. The van der Waals surface area contributed by atoms with Gasteiger partial charge in [0.05, 0.1) is 6.54 Å². The molecule has 1 saturated heterocycles. The van der Waals surface area contributed by atoms with Crippen molar-refractivity contribution >= 4 is 5.82 Å². The molecule has 2 heterocycles. The van der Waals surface area contributed by atoms with E-state index < -0.39 is 0 Å². The zero-order valence-electron chi connectivity index (χ0n) is 13.3. The van der Waals surface area contributed by atoms with Gasteiger partial charge >= 0.3 is 5.69 Å². The quantitative estimate of drug-likeness (QED) is 0.816. The van der Waals surface area contributed by atoms with Gasteiger partial charge in [0, 0.05) is 31.7 Å². The number of hydrogen-bond donors (Lipinski definition) is 1. The highest BCUT2D eigenvalue weighted by atomic mass is 16.2. The van der Waals surface area contributed by atoms with Crippen LogP contribution in [0.15, 0.2) is 15.7 Å². The number of hydrogen-bond acceptors (Lipinski definition) is 4. The van der Waals surface area contributed by atoms with Crippen molar-refractivity contribution in [3.8, 4) is 11.8 Å². The molecule has 22 heavy (non-hydrogen) atoms. The number of nitrogens with zero attached hydrogens (tertiary/aromatic N) is 3. The fourth-order valence-corrected chi connectivity index (χ4v) is 2.82. The van der Waals surface area contributed by atoms with Crippen molar-refractivity contribution in [2.45, 2.75) is 52.2 Å². The molecule has 1 aromatic heterocycles. The molecule has 0 radical (unpaired) electrons. The Morgan fingerprint density at radius 1 is 1.36 bits per heavy atom. The van der Waals surface area contributed by atoms with Crippen LogP contribution in [0.4, 0.5) is 5.82 Å². The highest BCUT2D eigenvalue weighted by Gasteiger charge is 2.21. The fourth-order valence-electron chi connectivity index (χ4n) is 2.82. The zero-order chi connectivity index (χ0) is 16.1. The molecule has 2 rings (SSSR count). The predicted octanol–water partition coefficient (Wildman–Crippen LogP) is 0.371. The molecule has 0 aliphatic carbocycles. The molecule has 0 amide bonds. The lowest BCUT2D eigenvalue weighted by molar-refractivity contribution is 0.488. The van der Waals surface area contributed by atoms with Gasteiger partial charge in [-0.3, -0.25) is 13.9 Å². The molecule has 1 fully saturated rings. The topological polar surface area (TPSA) is 73.3 Å². The standard InChI is InChI=1S/C16H24N4O2/c1-3-5-10-19-14(18-9-6-7-13(17)12-18)11-15(21)20(8-4-2)16(19)22/h11,13H,4,6-10,12,17H2,1-2H3/t13-/m1/s1. The summed E-state index contributed by atoms with van der Waals surface area (Å²) in [5, 5.41) is 0. The lowest BCUT2D eigenvalue weighted by Gasteiger charge is -2.33. The van der Waals surface area contributed by atoms with E-state index in [0.29, 0.717) is 25.5 Å². The Morgan fingerprint density at radius 2 is 2.14 bits per heavy atom. The van der Waals surface area contributed by atoms with Crippen LogP contribution in [0.2, 0.25) is 0 Å². The van der Waals surface area contributed by atoms with Gasteiger partial charge in [-0.25, -0.2) is 4.79 Å². The van der Waals surface area contributed by atoms with Crippen LogP contribution in [0, 0.1) is 11.8 Å². The fraction of sp³-hybridized carbons (Fsp3) is 0.625. The molecule has 2 N–H and O–H groups in total. The largest absolute Gasteiger partial charge is 0.356 e. The molecule has 0 saturated carbocycles. The second-order valence-corrected chi connectivity index (χ2v) is 5.64. The van der Waals surface area contributed by atoms with E-state index in [-0.39, 0.29) is 17.3 Å². The van der Waals surface area contributed by atoms with Gasteiger partial charge < -0.3 is 10.6 Å². The summed E-state index contributed by atoms with van der Waals surface area (Å²) in [6.07, 6.45) is 2.68. The summed E-state index contributed by atoms with van der Waals surface area (Å²) in [4.78, 5) is 26.9. The van der Waals surface area contributed by atoms with Gasteiger partial charge in [-0.15, -0.1) is 5.92 Å². The zero-order valence-corrected chi connectivity index (χ0v) is 13.3. The van der Waals surface area contributed by atoms with Gasteiger partial charge in [-0.05, 0) is 26.2 Å². The molecule has 1 aliphatic rings. The Hall–Kier alpha value is -2.00. The Bertz CT molecular complexity index is 693. The highest BCUT2D eigenvalue weighted by Crippen LogP contribution is 2.16. The third-order valence-electron chi connectivity index (χ3n) is 3.90. The Kier molecular flexibility index (Phi) is 5.45. The molecular formula is C16H24N4O2. The van der Waals surface area contributed by atoms with E-state index in [4.69, 9.17) is 5.73 Å². The molecule has 0 bridgehead atoms. The third-order valence-corrected chi connectivity index (χ3v) is 3.90. The molecule has 0 unspecified atom stereocenters. The normalized spacial score (nSPS) is 18.0. The molecule has 0 spiro atoms. The van der Waals surface area contributed by atoms with E-state index in [0.717, 1.165) is 25.8 Å². The Morgan fingerprint density at radius 3 is 2.77 bits per heavy atom. The van der Waals surface area contributed by atoms with Gasteiger partial charge in [-0.1, -0.05) is 12.8 Å². The van der Waals surface area contributed by atoms with Crippen LogP contribution in [0.5, 0.6) is 0 Å². The van der Waals surface area contributed by atoms with Crippen molar-refractivity contribution in [3.63, 3.8) is 0 Å². The molecule has 0 aromatic carbocycles. The number of anilines is 1. The predicted molar refractivity (Wildman–Crippen MR) is 88.1 cm³/mol. The number of rotatable bonds is 4. The molecule has 6 nitrogen and oxygen atoms in total. The minimum absolute atomic E-state index is 0.0765. The first-order valence-corrected chi connectivity index (χ1v) is 7.83. The first-order valence-electron chi connectivity index (χ1n) is 7.83. The summed E-state index contributed by atoms with van der Waals surface area (Å²) >= 11 is 0. The third kappa shape index (κ3) is 3.42. The monoisotopic (exact) mass is 304 g/mol. The number of piperidine rings is 1. The van der Waals surface area contributed by atoms with Gasteiger partial charge in [0.15, 0.2) is 0 Å². The Labute approximate surface area is 130 Å². The lowest BCUT2D eigenvalue weighted by Crippen LogP contribution is -2.48. The SMILES string of the molecule is CC#CCn1c(N2CCC[C@@H](N)C2)cc(=O)n(CCC)c1=O. The van der Waals surface area contributed by atoms with E-state index in [1.807, 2.05) is 11.8 Å². The summed E-state index contributed by atoms with van der Waals surface area (Å²) in [6, 6.07) is 1.62. The average Bonchev–Trinajstić information content (AvgIpc) is 2.50. The van der Waals surface area contributed by atoms with Crippen LogP contribution in [0.1, 0.15) is 33.1 Å². The van der Waals surface area contributed by atoms with Crippen molar-refractivity contribution < 1.29 is 0 Å². The van der Waals surface area contributed by atoms with Crippen LogP contribution >= 0.6 is 0 Å². The molecule has 1 aliphatic heterocycles.